The van der Waals surface area contributed by atoms with E-state index in [1.165, 1.54) is 0 Å². The molecule has 1 fully saturated rings. The summed E-state index contributed by atoms with van der Waals surface area (Å²) in [5.41, 5.74) is 13.6. The first-order valence-electron chi connectivity index (χ1n) is 5.89. The molecule has 5 N–H and O–H groups in total. The second-order valence-electron chi connectivity index (χ2n) is 4.04. The highest BCUT2D eigenvalue weighted by Gasteiger charge is 2.11. The van der Waals surface area contributed by atoms with E-state index in [-0.39, 0.29) is 0 Å². The van der Waals surface area contributed by atoms with Crippen molar-refractivity contribution < 1.29 is 0 Å². The van der Waals surface area contributed by atoms with E-state index in [4.69, 9.17) is 11.5 Å². The molecule has 5 heteroatoms. The molecule has 0 amide bonds. The number of hydrogen-bond acceptors (Lipinski definition) is 3. The second-order valence-corrected chi connectivity index (χ2v) is 4.04. The Morgan fingerprint density at radius 1 is 1.29 bits per heavy atom. The predicted molar refractivity (Wildman–Crippen MR) is 70.1 cm³/mol. The van der Waals surface area contributed by atoms with E-state index < -0.39 is 0 Å². The maximum atomic E-state index is 6.01. The van der Waals surface area contributed by atoms with Gasteiger partial charge in [0.05, 0.1) is 5.69 Å². The molecule has 92 valence electrons. The van der Waals surface area contributed by atoms with Crippen LogP contribution in [-0.2, 0) is 6.54 Å². The average Bonchev–Trinajstić information content (AvgIpc) is 2.40. The lowest BCUT2D eigenvalue weighted by molar-refractivity contribution is 0.354. The SMILES string of the molecule is NCc1ccccc1N=C(N)N1CCNCC1. The van der Waals surface area contributed by atoms with Gasteiger partial charge in [0.25, 0.3) is 0 Å². The molecule has 0 atom stereocenters. The Morgan fingerprint density at radius 3 is 2.71 bits per heavy atom. The van der Waals surface area contributed by atoms with Crippen LogP contribution in [0.25, 0.3) is 0 Å². The van der Waals surface area contributed by atoms with Gasteiger partial charge in [-0.05, 0) is 11.6 Å². The number of hydrogen-bond donors (Lipinski definition) is 3. The van der Waals surface area contributed by atoms with Gasteiger partial charge in [0.1, 0.15) is 0 Å². The second kappa shape index (κ2) is 5.65. The summed E-state index contributed by atoms with van der Waals surface area (Å²) in [6.07, 6.45) is 0. The molecule has 17 heavy (non-hydrogen) atoms. The Kier molecular flexibility index (Phi) is 3.95. The number of piperazine rings is 1. The first kappa shape index (κ1) is 11.9. The van der Waals surface area contributed by atoms with Crippen LogP contribution in [0.4, 0.5) is 5.69 Å². The van der Waals surface area contributed by atoms with E-state index in [0.717, 1.165) is 37.4 Å². The Bertz CT molecular complexity index is 396. The fourth-order valence-corrected chi connectivity index (χ4v) is 1.88. The van der Waals surface area contributed by atoms with Crippen LogP contribution in [0.2, 0.25) is 0 Å². The zero-order valence-electron chi connectivity index (χ0n) is 9.89. The Labute approximate surface area is 102 Å². The van der Waals surface area contributed by atoms with Crippen molar-refractivity contribution in [3.63, 3.8) is 0 Å². The van der Waals surface area contributed by atoms with Gasteiger partial charge in [0.15, 0.2) is 5.96 Å². The molecule has 1 aromatic rings. The topological polar surface area (TPSA) is 79.7 Å². The van der Waals surface area contributed by atoms with Crippen LogP contribution in [0.15, 0.2) is 29.3 Å². The number of aliphatic imine (C=N–C) groups is 1. The minimum absolute atomic E-state index is 0.481. The van der Waals surface area contributed by atoms with Crippen LogP contribution in [0.1, 0.15) is 5.56 Å². The van der Waals surface area contributed by atoms with E-state index in [1.807, 2.05) is 24.3 Å². The highest BCUT2D eigenvalue weighted by Crippen LogP contribution is 2.18. The molecule has 5 nitrogen and oxygen atoms in total. The zero-order valence-corrected chi connectivity index (χ0v) is 9.89. The number of nitrogens with zero attached hydrogens (tertiary/aromatic N) is 2. The minimum Gasteiger partial charge on any atom is -0.369 e. The molecule has 1 saturated heterocycles. The molecule has 1 aliphatic rings. The van der Waals surface area contributed by atoms with Gasteiger partial charge in [0.2, 0.25) is 0 Å². The fourth-order valence-electron chi connectivity index (χ4n) is 1.88. The van der Waals surface area contributed by atoms with Gasteiger partial charge in [-0.1, -0.05) is 18.2 Å². The van der Waals surface area contributed by atoms with Crippen molar-refractivity contribution in [1.82, 2.24) is 10.2 Å². The predicted octanol–water partition coefficient (Wildman–Crippen LogP) is -0.00330. The molecule has 0 radical (unpaired) electrons. The van der Waals surface area contributed by atoms with Gasteiger partial charge in [-0.2, -0.15) is 0 Å². The number of guanidine groups is 1. The van der Waals surface area contributed by atoms with Gasteiger partial charge in [0, 0.05) is 32.7 Å². The maximum Gasteiger partial charge on any atom is 0.196 e. The van der Waals surface area contributed by atoms with Crippen molar-refractivity contribution >= 4 is 11.6 Å². The van der Waals surface area contributed by atoms with Crippen LogP contribution in [0, 0.1) is 0 Å². The standard InChI is InChI=1S/C12H19N5/c13-9-10-3-1-2-4-11(10)16-12(14)17-7-5-15-6-8-17/h1-4,15H,5-9,13H2,(H2,14,16). The first-order valence-corrected chi connectivity index (χ1v) is 5.89. The summed E-state index contributed by atoms with van der Waals surface area (Å²) in [6, 6.07) is 7.83. The maximum absolute atomic E-state index is 6.01. The minimum atomic E-state index is 0.481. The van der Waals surface area contributed by atoms with E-state index in [1.54, 1.807) is 0 Å². The van der Waals surface area contributed by atoms with Gasteiger partial charge in [-0.15, -0.1) is 0 Å². The van der Waals surface area contributed by atoms with Crippen LogP contribution >= 0.6 is 0 Å². The Hall–Kier alpha value is -1.59. The van der Waals surface area contributed by atoms with Crippen molar-refractivity contribution in [3.05, 3.63) is 29.8 Å². The summed E-state index contributed by atoms with van der Waals surface area (Å²) in [7, 11) is 0. The van der Waals surface area contributed by atoms with Gasteiger partial charge in [-0.3, -0.25) is 0 Å². The summed E-state index contributed by atoms with van der Waals surface area (Å²) in [5.74, 6) is 0.576. The van der Waals surface area contributed by atoms with Crippen LogP contribution in [0.3, 0.4) is 0 Å². The van der Waals surface area contributed by atoms with Crippen LogP contribution in [0.5, 0.6) is 0 Å². The molecule has 0 aliphatic carbocycles. The molecule has 2 rings (SSSR count). The normalized spacial score (nSPS) is 17.2. The Morgan fingerprint density at radius 2 is 2.00 bits per heavy atom. The van der Waals surface area contributed by atoms with Gasteiger partial charge >= 0.3 is 0 Å². The summed E-state index contributed by atoms with van der Waals surface area (Å²) < 4.78 is 0. The summed E-state index contributed by atoms with van der Waals surface area (Å²) in [4.78, 5) is 6.55. The summed E-state index contributed by atoms with van der Waals surface area (Å²) >= 11 is 0. The third-order valence-electron chi connectivity index (χ3n) is 2.89. The molecule has 0 unspecified atom stereocenters. The number of rotatable bonds is 2. The van der Waals surface area contributed by atoms with Crippen LogP contribution < -0.4 is 16.8 Å². The van der Waals surface area contributed by atoms with Gasteiger partial charge in [-0.25, -0.2) is 4.99 Å². The van der Waals surface area contributed by atoms with Crippen LogP contribution in [-0.4, -0.2) is 37.0 Å². The largest absolute Gasteiger partial charge is 0.369 e. The lowest BCUT2D eigenvalue weighted by Crippen LogP contribution is -2.49. The zero-order chi connectivity index (χ0) is 12.1. The van der Waals surface area contributed by atoms with Crippen molar-refractivity contribution in [2.75, 3.05) is 26.2 Å². The highest BCUT2D eigenvalue weighted by molar-refractivity contribution is 5.81. The van der Waals surface area contributed by atoms with E-state index in [2.05, 4.69) is 15.2 Å². The monoisotopic (exact) mass is 233 g/mol. The number of nitrogens with one attached hydrogen (secondary N) is 1. The molecule has 0 aromatic heterocycles. The highest BCUT2D eigenvalue weighted by atomic mass is 15.3. The molecule has 0 spiro atoms. The van der Waals surface area contributed by atoms with Crippen molar-refractivity contribution in [3.8, 4) is 0 Å². The Balaban J connectivity index is 2.16. The lowest BCUT2D eigenvalue weighted by atomic mass is 10.2. The first-order chi connectivity index (χ1) is 8.31. The molecular formula is C12H19N5. The van der Waals surface area contributed by atoms with Crippen molar-refractivity contribution in [1.29, 1.82) is 0 Å². The van der Waals surface area contributed by atoms with E-state index >= 15 is 0 Å². The fraction of sp³-hybridized carbons (Fsp3) is 0.417. The molecule has 0 saturated carbocycles. The third-order valence-corrected chi connectivity index (χ3v) is 2.89. The summed E-state index contributed by atoms with van der Waals surface area (Å²) in [6.45, 7) is 4.19. The molecule has 1 aromatic carbocycles. The molecule has 1 heterocycles. The number of nitrogens with two attached hydrogens (primary N) is 2. The smallest absolute Gasteiger partial charge is 0.196 e. The molecule has 0 bridgehead atoms. The number of para-hydroxylation sites is 1. The molecular weight excluding hydrogens is 214 g/mol. The van der Waals surface area contributed by atoms with Crippen molar-refractivity contribution in [2.45, 2.75) is 6.54 Å². The quantitative estimate of drug-likeness (QED) is 0.496. The van der Waals surface area contributed by atoms with E-state index in [0.29, 0.717) is 12.5 Å². The molecule has 1 aliphatic heterocycles. The van der Waals surface area contributed by atoms with Crippen molar-refractivity contribution in [2.24, 2.45) is 16.5 Å². The van der Waals surface area contributed by atoms with Gasteiger partial charge < -0.3 is 21.7 Å². The van der Waals surface area contributed by atoms with E-state index in [9.17, 15) is 0 Å². The average molecular weight is 233 g/mol. The number of benzene rings is 1. The third kappa shape index (κ3) is 2.95. The lowest BCUT2D eigenvalue weighted by Gasteiger charge is -2.28. The summed E-state index contributed by atoms with van der Waals surface area (Å²) in [5, 5.41) is 3.28.